The largest absolute Gasteiger partial charge is 0.309 e. The Kier molecular flexibility index (Phi) is 7.78. The first-order valence-electron chi connectivity index (χ1n) is 20.3. The summed E-state index contributed by atoms with van der Waals surface area (Å²) in [7, 11) is 0. The Hall–Kier alpha value is -7.16. The van der Waals surface area contributed by atoms with Crippen LogP contribution in [-0.4, -0.2) is 4.57 Å². The number of fused-ring (bicyclic) bond motifs is 3. The molecule has 58 heavy (non-hydrogen) atoms. The highest BCUT2D eigenvalue weighted by atomic mass is 15.1. The lowest BCUT2D eigenvalue weighted by Gasteiger charge is -2.32. The van der Waals surface area contributed by atoms with Crippen molar-refractivity contribution < 1.29 is 0 Å². The second kappa shape index (κ2) is 13.2. The van der Waals surface area contributed by atoms with Crippen LogP contribution in [0.5, 0.6) is 0 Å². The van der Waals surface area contributed by atoms with Gasteiger partial charge in [-0.15, -0.1) is 0 Å². The molecule has 0 unspecified atom stereocenters. The highest BCUT2D eigenvalue weighted by Crippen LogP contribution is 2.49. The van der Waals surface area contributed by atoms with Crippen molar-refractivity contribution in [3.05, 3.63) is 206 Å². The van der Waals surface area contributed by atoms with Crippen molar-refractivity contribution in [2.75, 3.05) is 4.90 Å². The number of nitrogens with zero attached hydrogens (tertiary/aromatic N) is 2. The summed E-state index contributed by atoms with van der Waals surface area (Å²) in [6.45, 7) is 6.92. The molecule has 0 saturated carbocycles. The summed E-state index contributed by atoms with van der Waals surface area (Å²) >= 11 is 0. The third-order valence-electron chi connectivity index (χ3n) is 12.1. The molecule has 0 radical (unpaired) electrons. The number of hydrogen-bond donors (Lipinski definition) is 0. The molecule has 0 fully saturated rings. The Bertz CT molecular complexity index is 3260. The molecule has 11 aromatic rings. The number of rotatable bonds is 6. The molecule has 0 saturated heterocycles. The van der Waals surface area contributed by atoms with Crippen molar-refractivity contribution in [2.24, 2.45) is 0 Å². The Balaban J connectivity index is 1.22. The zero-order chi connectivity index (χ0) is 39.0. The van der Waals surface area contributed by atoms with E-state index in [1.165, 1.54) is 87.6 Å². The average molecular weight is 743 g/mol. The van der Waals surface area contributed by atoms with Gasteiger partial charge in [0.05, 0.1) is 28.1 Å². The Morgan fingerprint density at radius 3 is 1.66 bits per heavy atom. The maximum atomic E-state index is 2.52. The number of benzene rings is 10. The molecule has 0 aliphatic rings. The van der Waals surface area contributed by atoms with Gasteiger partial charge in [-0.25, -0.2) is 0 Å². The maximum Gasteiger partial charge on any atom is 0.0543 e. The maximum absolute atomic E-state index is 2.52. The fraction of sp³-hybridized carbons (Fsp3) is 0.0714. The van der Waals surface area contributed by atoms with Gasteiger partial charge >= 0.3 is 0 Å². The van der Waals surface area contributed by atoms with Gasteiger partial charge in [-0.05, 0) is 91.7 Å². The Morgan fingerprint density at radius 2 is 0.966 bits per heavy atom. The van der Waals surface area contributed by atoms with Crippen molar-refractivity contribution in [1.29, 1.82) is 0 Å². The van der Waals surface area contributed by atoms with E-state index in [9.17, 15) is 0 Å². The molecule has 0 atom stereocenters. The van der Waals surface area contributed by atoms with Crippen molar-refractivity contribution in [3.8, 4) is 27.9 Å². The fourth-order valence-electron chi connectivity index (χ4n) is 9.25. The number of para-hydroxylation sites is 2. The number of aromatic nitrogens is 1. The molecule has 0 aliphatic heterocycles. The van der Waals surface area contributed by atoms with E-state index in [1.54, 1.807) is 0 Å². The van der Waals surface area contributed by atoms with Crippen LogP contribution in [-0.2, 0) is 5.41 Å². The van der Waals surface area contributed by atoms with Crippen molar-refractivity contribution in [1.82, 2.24) is 4.57 Å². The van der Waals surface area contributed by atoms with Crippen molar-refractivity contribution in [3.63, 3.8) is 0 Å². The van der Waals surface area contributed by atoms with E-state index in [2.05, 4.69) is 230 Å². The normalized spacial score (nSPS) is 12.1. The van der Waals surface area contributed by atoms with Crippen LogP contribution in [0.4, 0.5) is 17.1 Å². The first-order valence-corrected chi connectivity index (χ1v) is 20.3. The lowest BCUT2D eigenvalue weighted by Crippen LogP contribution is -2.16. The summed E-state index contributed by atoms with van der Waals surface area (Å²) in [5.41, 5.74) is 13.1. The lowest BCUT2D eigenvalue weighted by molar-refractivity contribution is 0.590. The van der Waals surface area contributed by atoms with Gasteiger partial charge in [-0.3, -0.25) is 0 Å². The van der Waals surface area contributed by atoms with Gasteiger partial charge in [-0.2, -0.15) is 0 Å². The topological polar surface area (TPSA) is 8.17 Å². The van der Waals surface area contributed by atoms with E-state index in [0.717, 1.165) is 17.1 Å². The second-order valence-corrected chi connectivity index (χ2v) is 16.6. The lowest BCUT2D eigenvalue weighted by atomic mass is 9.85. The Labute approximate surface area is 339 Å². The number of hydrogen-bond acceptors (Lipinski definition) is 1. The molecule has 2 heteroatoms. The third kappa shape index (κ3) is 5.40. The smallest absolute Gasteiger partial charge is 0.0543 e. The minimum Gasteiger partial charge on any atom is -0.309 e. The van der Waals surface area contributed by atoms with Crippen LogP contribution in [0, 0.1) is 0 Å². The van der Waals surface area contributed by atoms with Crippen LogP contribution in [0.25, 0.3) is 82.1 Å². The molecule has 0 spiro atoms. The highest BCUT2D eigenvalue weighted by molar-refractivity contribution is 6.27. The van der Waals surface area contributed by atoms with E-state index in [1.807, 2.05) is 0 Å². The molecule has 2 nitrogen and oxygen atoms in total. The predicted molar refractivity (Wildman–Crippen MR) is 249 cm³/mol. The quantitative estimate of drug-likeness (QED) is 0.154. The zero-order valence-electron chi connectivity index (χ0n) is 32.9. The molecule has 0 bridgehead atoms. The third-order valence-corrected chi connectivity index (χ3v) is 12.1. The minimum atomic E-state index is -0.0482. The van der Waals surface area contributed by atoms with E-state index in [0.29, 0.717) is 0 Å². The van der Waals surface area contributed by atoms with Crippen LogP contribution in [0.1, 0.15) is 26.3 Å². The molecule has 1 heterocycles. The Morgan fingerprint density at radius 1 is 0.397 bits per heavy atom. The minimum absolute atomic E-state index is 0.0482. The molecule has 0 aliphatic carbocycles. The molecule has 11 rings (SSSR count). The molecule has 10 aromatic carbocycles. The van der Waals surface area contributed by atoms with Crippen LogP contribution in [0.3, 0.4) is 0 Å². The van der Waals surface area contributed by atoms with Crippen LogP contribution < -0.4 is 4.90 Å². The summed E-state index contributed by atoms with van der Waals surface area (Å²) < 4.78 is 2.46. The SMILES string of the molecule is CC(C)(C)c1ccc(-c2ccccc2)c(N(c2cccc(-c3ccccc3)c2)c2ccc3ccc4c(-n5c6ccccc6c6ccccc65)ccc5ccc2c3c54)c1. The molecule has 0 amide bonds. The molecular formula is C56H42N2. The van der Waals surface area contributed by atoms with Gasteiger partial charge in [0.25, 0.3) is 0 Å². The van der Waals surface area contributed by atoms with Gasteiger partial charge < -0.3 is 9.47 Å². The van der Waals surface area contributed by atoms with Crippen LogP contribution in [0.2, 0.25) is 0 Å². The summed E-state index contributed by atoms with van der Waals surface area (Å²) in [6, 6.07) is 73.9. The van der Waals surface area contributed by atoms with Crippen molar-refractivity contribution >= 4 is 71.2 Å². The highest BCUT2D eigenvalue weighted by Gasteiger charge is 2.25. The van der Waals surface area contributed by atoms with E-state index >= 15 is 0 Å². The van der Waals surface area contributed by atoms with Crippen LogP contribution >= 0.6 is 0 Å². The second-order valence-electron chi connectivity index (χ2n) is 16.6. The summed E-state index contributed by atoms with van der Waals surface area (Å²) in [5.74, 6) is 0. The summed E-state index contributed by atoms with van der Waals surface area (Å²) in [6.07, 6.45) is 0. The summed E-state index contributed by atoms with van der Waals surface area (Å²) in [4.78, 5) is 2.52. The predicted octanol–water partition coefficient (Wildman–Crippen LogP) is 15.8. The zero-order valence-corrected chi connectivity index (χ0v) is 32.9. The molecular weight excluding hydrogens is 701 g/mol. The first-order chi connectivity index (χ1) is 28.4. The first kappa shape index (κ1) is 34.1. The van der Waals surface area contributed by atoms with Gasteiger partial charge in [0.2, 0.25) is 0 Å². The van der Waals surface area contributed by atoms with Gasteiger partial charge in [-0.1, -0.05) is 178 Å². The molecule has 0 N–H and O–H groups in total. The average Bonchev–Trinajstić information content (AvgIpc) is 3.60. The summed E-state index contributed by atoms with van der Waals surface area (Å²) in [5, 5.41) is 10.1. The van der Waals surface area contributed by atoms with E-state index in [-0.39, 0.29) is 5.41 Å². The van der Waals surface area contributed by atoms with Gasteiger partial charge in [0.15, 0.2) is 0 Å². The molecule has 276 valence electrons. The van der Waals surface area contributed by atoms with Crippen molar-refractivity contribution in [2.45, 2.75) is 26.2 Å². The number of anilines is 3. The van der Waals surface area contributed by atoms with Gasteiger partial charge in [0, 0.05) is 32.8 Å². The van der Waals surface area contributed by atoms with E-state index in [4.69, 9.17) is 0 Å². The fourth-order valence-corrected chi connectivity index (χ4v) is 9.25. The molecule has 1 aromatic heterocycles. The van der Waals surface area contributed by atoms with E-state index < -0.39 is 0 Å². The van der Waals surface area contributed by atoms with Gasteiger partial charge in [0.1, 0.15) is 0 Å². The standard InChI is InChI=1S/C56H42N2/c1-56(2,3)42-29-32-44(38-17-8-5-9-18-38)53(36-42)57(43-20-14-19-41(35-43)37-15-6-4-7-16-37)51-33-27-39-26-31-48-52(34-28-40-25-30-47(51)54(39)55(40)48)58-49-23-12-10-21-45(49)46-22-11-13-24-50(46)58/h4-36H,1-3H3. The monoisotopic (exact) mass is 742 g/mol. The van der Waals surface area contributed by atoms with Crippen LogP contribution in [0.15, 0.2) is 200 Å².